The van der Waals surface area contributed by atoms with Crippen LogP contribution in [-0.4, -0.2) is 27.7 Å². The van der Waals surface area contributed by atoms with Crippen molar-refractivity contribution < 1.29 is 9.50 Å². The van der Waals surface area contributed by atoms with Crippen LogP contribution >= 0.6 is 11.6 Å². The molecular formula is C10H15ClFN3O. The summed E-state index contributed by atoms with van der Waals surface area (Å²) in [5.41, 5.74) is 0. The summed E-state index contributed by atoms with van der Waals surface area (Å²) in [6.07, 6.45) is 1.10. The van der Waals surface area contributed by atoms with Crippen LogP contribution in [0, 0.1) is 11.7 Å². The molecule has 4 nitrogen and oxygen atoms in total. The molecule has 0 aromatic carbocycles. The maximum Gasteiger partial charge on any atom is 0.224 e. The fourth-order valence-electron chi connectivity index (χ4n) is 1.31. The molecule has 1 unspecified atom stereocenters. The van der Waals surface area contributed by atoms with Gasteiger partial charge < -0.3 is 10.4 Å². The zero-order valence-electron chi connectivity index (χ0n) is 9.24. The number of hydrogen-bond donors (Lipinski definition) is 2. The van der Waals surface area contributed by atoms with E-state index in [9.17, 15) is 9.50 Å². The number of anilines is 1. The van der Waals surface area contributed by atoms with Crippen LogP contribution < -0.4 is 5.32 Å². The minimum atomic E-state index is -0.582. The van der Waals surface area contributed by atoms with Gasteiger partial charge in [-0.15, -0.1) is 0 Å². The smallest absolute Gasteiger partial charge is 0.224 e. The van der Waals surface area contributed by atoms with E-state index in [2.05, 4.69) is 15.3 Å². The Labute approximate surface area is 98.9 Å². The van der Waals surface area contributed by atoms with Crippen LogP contribution in [0.2, 0.25) is 5.28 Å². The molecule has 0 radical (unpaired) electrons. The lowest BCUT2D eigenvalue weighted by Gasteiger charge is -2.14. The number of aromatic nitrogens is 2. The second-order valence-electron chi connectivity index (χ2n) is 4.00. The Morgan fingerprint density at radius 2 is 2.25 bits per heavy atom. The van der Waals surface area contributed by atoms with Gasteiger partial charge in [0, 0.05) is 6.54 Å². The van der Waals surface area contributed by atoms with E-state index in [0.717, 1.165) is 6.20 Å². The highest BCUT2D eigenvalue weighted by atomic mass is 35.5. The molecular weight excluding hydrogens is 233 g/mol. The van der Waals surface area contributed by atoms with E-state index in [1.54, 1.807) is 0 Å². The van der Waals surface area contributed by atoms with Gasteiger partial charge in [0.05, 0.1) is 12.3 Å². The Morgan fingerprint density at radius 1 is 1.56 bits per heavy atom. The fraction of sp³-hybridized carbons (Fsp3) is 0.600. The van der Waals surface area contributed by atoms with Crippen molar-refractivity contribution in [2.24, 2.45) is 5.92 Å². The third-order valence-electron chi connectivity index (χ3n) is 1.96. The van der Waals surface area contributed by atoms with E-state index in [4.69, 9.17) is 11.6 Å². The molecule has 0 bridgehead atoms. The van der Waals surface area contributed by atoms with Gasteiger partial charge in [0.25, 0.3) is 0 Å². The molecule has 0 saturated heterocycles. The molecule has 0 aliphatic carbocycles. The second kappa shape index (κ2) is 5.96. The van der Waals surface area contributed by atoms with Gasteiger partial charge >= 0.3 is 0 Å². The topological polar surface area (TPSA) is 58.0 Å². The highest BCUT2D eigenvalue weighted by molar-refractivity contribution is 6.28. The van der Waals surface area contributed by atoms with Crippen molar-refractivity contribution in [2.45, 2.75) is 26.4 Å². The maximum atomic E-state index is 13.2. The minimum absolute atomic E-state index is 0.0165. The van der Waals surface area contributed by atoms with Crippen LogP contribution in [-0.2, 0) is 0 Å². The summed E-state index contributed by atoms with van der Waals surface area (Å²) < 4.78 is 13.2. The predicted molar refractivity (Wildman–Crippen MR) is 61.0 cm³/mol. The van der Waals surface area contributed by atoms with Gasteiger partial charge in [-0.1, -0.05) is 13.8 Å². The number of halogens is 2. The zero-order chi connectivity index (χ0) is 12.1. The number of aliphatic hydroxyl groups is 1. The number of rotatable bonds is 5. The molecule has 1 atom stereocenters. The zero-order valence-corrected chi connectivity index (χ0v) is 10.00. The second-order valence-corrected chi connectivity index (χ2v) is 4.34. The Bertz CT molecular complexity index is 349. The van der Waals surface area contributed by atoms with E-state index < -0.39 is 11.9 Å². The molecule has 1 aromatic heterocycles. The molecule has 0 saturated carbocycles. The van der Waals surface area contributed by atoms with Crippen molar-refractivity contribution in [3.8, 4) is 0 Å². The number of nitrogens with zero attached hydrogens (tertiary/aromatic N) is 2. The number of hydrogen-bond acceptors (Lipinski definition) is 4. The van der Waals surface area contributed by atoms with Gasteiger partial charge in [0.15, 0.2) is 11.6 Å². The fourth-order valence-corrected chi connectivity index (χ4v) is 1.44. The number of aliphatic hydroxyl groups excluding tert-OH is 1. The summed E-state index contributed by atoms with van der Waals surface area (Å²) in [6, 6.07) is 0. The summed E-state index contributed by atoms with van der Waals surface area (Å²) >= 11 is 5.53. The van der Waals surface area contributed by atoms with Gasteiger partial charge in [-0.3, -0.25) is 0 Å². The summed E-state index contributed by atoms with van der Waals surface area (Å²) in [4.78, 5) is 7.17. The first kappa shape index (κ1) is 13.1. The normalized spacial score (nSPS) is 12.9. The van der Waals surface area contributed by atoms with Crippen LogP contribution in [0.4, 0.5) is 10.2 Å². The van der Waals surface area contributed by atoms with Crippen molar-refractivity contribution in [1.29, 1.82) is 0 Å². The molecule has 0 aliphatic heterocycles. The minimum Gasteiger partial charge on any atom is -0.391 e. The highest BCUT2D eigenvalue weighted by Gasteiger charge is 2.10. The molecule has 1 rings (SSSR count). The van der Waals surface area contributed by atoms with Gasteiger partial charge in [0.2, 0.25) is 5.28 Å². The molecule has 0 fully saturated rings. The SMILES string of the molecule is CC(C)CC(O)CNc1nc(Cl)ncc1F. The molecule has 16 heavy (non-hydrogen) atoms. The van der Waals surface area contributed by atoms with Crippen molar-refractivity contribution in [1.82, 2.24) is 9.97 Å². The molecule has 0 spiro atoms. The standard InChI is InChI=1S/C10H15ClFN3O/c1-6(2)3-7(16)4-13-9-8(12)5-14-10(11)15-9/h5-7,16H,3-4H2,1-2H3,(H,13,14,15). The van der Waals surface area contributed by atoms with Crippen molar-refractivity contribution >= 4 is 17.4 Å². The average Bonchev–Trinajstić information content (AvgIpc) is 2.18. The van der Waals surface area contributed by atoms with Crippen molar-refractivity contribution in [3.63, 3.8) is 0 Å². The quantitative estimate of drug-likeness (QED) is 0.783. The van der Waals surface area contributed by atoms with Crippen LogP contribution in [0.1, 0.15) is 20.3 Å². The van der Waals surface area contributed by atoms with E-state index in [-0.39, 0.29) is 17.6 Å². The van der Waals surface area contributed by atoms with Crippen LogP contribution in [0.15, 0.2) is 6.20 Å². The van der Waals surface area contributed by atoms with E-state index >= 15 is 0 Å². The Kier molecular flexibility index (Phi) is 4.89. The van der Waals surface area contributed by atoms with Crippen LogP contribution in [0.25, 0.3) is 0 Å². The van der Waals surface area contributed by atoms with Crippen LogP contribution in [0.3, 0.4) is 0 Å². The predicted octanol–water partition coefficient (Wildman–Crippen LogP) is 2.09. The van der Waals surface area contributed by atoms with Gasteiger partial charge in [-0.2, -0.15) is 4.98 Å². The lowest BCUT2D eigenvalue weighted by Crippen LogP contribution is -2.22. The van der Waals surface area contributed by atoms with Crippen molar-refractivity contribution in [3.05, 3.63) is 17.3 Å². The lowest BCUT2D eigenvalue weighted by atomic mass is 10.1. The first-order valence-corrected chi connectivity index (χ1v) is 5.46. The summed E-state index contributed by atoms with van der Waals surface area (Å²) in [6.45, 7) is 4.25. The highest BCUT2D eigenvalue weighted by Crippen LogP contribution is 2.12. The maximum absolute atomic E-state index is 13.2. The molecule has 1 aromatic rings. The van der Waals surface area contributed by atoms with Crippen molar-refractivity contribution in [2.75, 3.05) is 11.9 Å². The van der Waals surface area contributed by atoms with Crippen LogP contribution in [0.5, 0.6) is 0 Å². The largest absolute Gasteiger partial charge is 0.391 e. The molecule has 2 N–H and O–H groups in total. The number of nitrogens with one attached hydrogen (secondary N) is 1. The Morgan fingerprint density at radius 3 is 2.88 bits per heavy atom. The average molecular weight is 248 g/mol. The monoisotopic (exact) mass is 247 g/mol. The van der Waals surface area contributed by atoms with E-state index in [0.29, 0.717) is 12.3 Å². The third-order valence-corrected chi connectivity index (χ3v) is 2.15. The Balaban J connectivity index is 2.51. The summed E-state index contributed by atoms with van der Waals surface area (Å²) in [7, 11) is 0. The van der Waals surface area contributed by atoms with E-state index in [1.807, 2.05) is 13.8 Å². The lowest BCUT2D eigenvalue weighted by molar-refractivity contribution is 0.161. The summed E-state index contributed by atoms with van der Waals surface area (Å²) in [5.74, 6) is -0.181. The van der Waals surface area contributed by atoms with Gasteiger partial charge in [0.1, 0.15) is 0 Å². The molecule has 0 aliphatic rings. The molecule has 1 heterocycles. The molecule has 6 heteroatoms. The first-order valence-electron chi connectivity index (χ1n) is 5.09. The Hall–Kier alpha value is -0.940. The first-order chi connectivity index (χ1) is 7.49. The molecule has 0 amide bonds. The summed E-state index contributed by atoms with van der Waals surface area (Å²) in [5, 5.41) is 12.3. The third kappa shape index (κ3) is 4.28. The van der Waals surface area contributed by atoms with E-state index in [1.165, 1.54) is 0 Å². The van der Waals surface area contributed by atoms with Gasteiger partial charge in [-0.05, 0) is 23.9 Å². The van der Waals surface area contributed by atoms with Gasteiger partial charge in [-0.25, -0.2) is 9.37 Å². The molecule has 90 valence electrons.